The first-order chi connectivity index (χ1) is 14.7. The molecule has 0 spiro atoms. The Morgan fingerprint density at radius 3 is 1.27 bits per heavy atom. The smallest absolute Gasteiger partial charge is 0.135 e. The van der Waals surface area contributed by atoms with Gasteiger partial charge in [0.2, 0.25) is 0 Å². The summed E-state index contributed by atoms with van der Waals surface area (Å²) >= 11 is 0. The van der Waals surface area contributed by atoms with Crippen LogP contribution in [-0.4, -0.2) is 37.9 Å². The Labute approximate surface area is 173 Å². The number of benzene rings is 3. The molecule has 150 valence electrons. The first kappa shape index (κ1) is 18.5. The van der Waals surface area contributed by atoms with Crippen molar-refractivity contribution in [2.75, 3.05) is 36.0 Å². The molecule has 0 aliphatic carbocycles. The van der Waals surface area contributed by atoms with Crippen LogP contribution in [0.2, 0.25) is 0 Å². The minimum absolute atomic E-state index is 0.246. The Bertz CT molecular complexity index is 1010. The van der Waals surface area contributed by atoms with Crippen LogP contribution in [0.1, 0.15) is 11.1 Å². The maximum atomic E-state index is 13.3. The van der Waals surface area contributed by atoms with Gasteiger partial charge >= 0.3 is 0 Å². The molecule has 0 amide bonds. The molecule has 3 aromatic rings. The third-order valence-electron chi connectivity index (χ3n) is 5.36. The molecule has 0 fully saturated rings. The standard InChI is InChI=1S/C24H20F2N4/c25-19-5-9-21(10-6-19)29-15-13-27-23(29)17-1-2-18(4-3-17)24-28-14-16-30(24)22-11-7-20(26)8-12-22/h1-12H,13-16H2. The number of halogens is 2. The van der Waals surface area contributed by atoms with E-state index in [9.17, 15) is 8.78 Å². The van der Waals surface area contributed by atoms with Crippen molar-refractivity contribution in [3.63, 3.8) is 0 Å². The molecule has 6 heteroatoms. The van der Waals surface area contributed by atoms with Gasteiger partial charge in [-0.25, -0.2) is 8.78 Å². The van der Waals surface area contributed by atoms with Gasteiger partial charge in [0.25, 0.3) is 0 Å². The number of amidine groups is 2. The first-order valence-electron chi connectivity index (χ1n) is 9.95. The quantitative estimate of drug-likeness (QED) is 0.644. The summed E-state index contributed by atoms with van der Waals surface area (Å²) < 4.78 is 26.6. The van der Waals surface area contributed by atoms with Crippen LogP contribution in [0.3, 0.4) is 0 Å². The highest BCUT2D eigenvalue weighted by atomic mass is 19.1. The van der Waals surface area contributed by atoms with Crippen molar-refractivity contribution < 1.29 is 8.78 Å². The van der Waals surface area contributed by atoms with Gasteiger partial charge in [-0.2, -0.15) is 0 Å². The number of hydrogen-bond acceptors (Lipinski definition) is 4. The number of anilines is 2. The topological polar surface area (TPSA) is 31.2 Å². The van der Waals surface area contributed by atoms with E-state index < -0.39 is 0 Å². The molecule has 0 radical (unpaired) electrons. The van der Waals surface area contributed by atoms with E-state index in [1.54, 1.807) is 24.3 Å². The largest absolute Gasteiger partial charge is 0.324 e. The molecule has 3 aromatic carbocycles. The Balaban J connectivity index is 1.39. The molecule has 0 aromatic heterocycles. The number of nitrogens with zero attached hydrogens (tertiary/aromatic N) is 4. The molecule has 0 bridgehead atoms. The third kappa shape index (κ3) is 3.45. The zero-order valence-electron chi connectivity index (χ0n) is 16.3. The lowest BCUT2D eigenvalue weighted by Crippen LogP contribution is -2.29. The van der Waals surface area contributed by atoms with Crippen molar-refractivity contribution in [2.45, 2.75) is 0 Å². The second-order valence-electron chi connectivity index (χ2n) is 7.24. The summed E-state index contributed by atoms with van der Waals surface area (Å²) in [6.07, 6.45) is 0. The molecule has 2 aliphatic rings. The lowest BCUT2D eigenvalue weighted by molar-refractivity contribution is 0.627. The van der Waals surface area contributed by atoms with Crippen LogP contribution in [0.4, 0.5) is 20.2 Å². The Morgan fingerprint density at radius 1 is 0.533 bits per heavy atom. The van der Waals surface area contributed by atoms with E-state index in [1.807, 2.05) is 24.3 Å². The summed E-state index contributed by atoms with van der Waals surface area (Å²) in [5, 5.41) is 0. The molecular weight excluding hydrogens is 382 g/mol. The van der Waals surface area contributed by atoms with Gasteiger partial charge in [-0.15, -0.1) is 0 Å². The molecule has 5 rings (SSSR count). The van der Waals surface area contributed by atoms with E-state index >= 15 is 0 Å². The first-order valence-corrected chi connectivity index (χ1v) is 9.95. The number of hydrogen-bond donors (Lipinski definition) is 0. The van der Waals surface area contributed by atoms with Crippen LogP contribution in [-0.2, 0) is 0 Å². The fourth-order valence-electron chi connectivity index (χ4n) is 3.90. The summed E-state index contributed by atoms with van der Waals surface area (Å²) in [6, 6.07) is 21.1. The number of aliphatic imine (C=N–C) groups is 2. The van der Waals surface area contributed by atoms with Crippen molar-refractivity contribution in [3.8, 4) is 0 Å². The lowest BCUT2D eigenvalue weighted by atomic mass is 10.1. The fraction of sp³-hybridized carbons (Fsp3) is 0.167. The van der Waals surface area contributed by atoms with E-state index in [2.05, 4.69) is 19.8 Å². The monoisotopic (exact) mass is 402 g/mol. The molecule has 2 aliphatic heterocycles. The van der Waals surface area contributed by atoms with Gasteiger partial charge in [0.15, 0.2) is 0 Å². The van der Waals surface area contributed by atoms with Crippen molar-refractivity contribution in [1.29, 1.82) is 0 Å². The van der Waals surface area contributed by atoms with Gasteiger partial charge in [-0.3, -0.25) is 9.98 Å². The molecule has 2 heterocycles. The van der Waals surface area contributed by atoms with Crippen LogP contribution in [0.25, 0.3) is 0 Å². The molecular formula is C24H20F2N4. The molecule has 4 nitrogen and oxygen atoms in total. The van der Waals surface area contributed by atoms with Crippen molar-refractivity contribution in [3.05, 3.63) is 95.6 Å². The van der Waals surface area contributed by atoms with E-state index in [-0.39, 0.29) is 11.6 Å². The van der Waals surface area contributed by atoms with Crippen LogP contribution >= 0.6 is 0 Å². The Hall–Kier alpha value is -3.54. The van der Waals surface area contributed by atoms with Gasteiger partial charge in [0.05, 0.1) is 13.1 Å². The van der Waals surface area contributed by atoms with Gasteiger partial charge in [-0.1, -0.05) is 24.3 Å². The SMILES string of the molecule is Fc1ccc(N2CCN=C2c2ccc(C3=NCCN3c3ccc(F)cc3)cc2)cc1. The summed E-state index contributed by atoms with van der Waals surface area (Å²) in [5.74, 6) is 1.28. The molecule has 0 unspecified atom stereocenters. The second kappa shape index (κ2) is 7.71. The zero-order chi connectivity index (χ0) is 20.5. The van der Waals surface area contributed by atoms with Crippen molar-refractivity contribution >= 4 is 23.0 Å². The van der Waals surface area contributed by atoms with E-state index in [1.165, 1.54) is 24.3 Å². The zero-order valence-corrected chi connectivity index (χ0v) is 16.3. The fourth-order valence-corrected chi connectivity index (χ4v) is 3.90. The van der Waals surface area contributed by atoms with Crippen molar-refractivity contribution in [1.82, 2.24) is 0 Å². The Morgan fingerprint density at radius 2 is 0.900 bits per heavy atom. The van der Waals surface area contributed by atoms with Crippen molar-refractivity contribution in [2.24, 2.45) is 9.98 Å². The average Bonchev–Trinajstić information content (AvgIpc) is 3.45. The predicted octanol–water partition coefficient (Wildman–Crippen LogP) is 4.50. The van der Waals surface area contributed by atoms with Gasteiger partial charge in [-0.05, 0) is 48.5 Å². The van der Waals surface area contributed by atoms with Crippen LogP contribution in [0, 0.1) is 11.6 Å². The van der Waals surface area contributed by atoms with E-state index in [0.717, 1.165) is 47.3 Å². The van der Waals surface area contributed by atoms with Gasteiger partial charge in [0, 0.05) is 35.6 Å². The number of rotatable bonds is 4. The highest BCUT2D eigenvalue weighted by molar-refractivity contribution is 6.13. The van der Waals surface area contributed by atoms with Crippen LogP contribution in [0.15, 0.2) is 82.8 Å². The molecule has 0 saturated carbocycles. The summed E-state index contributed by atoms with van der Waals surface area (Å²) in [5.41, 5.74) is 3.87. The summed E-state index contributed by atoms with van der Waals surface area (Å²) in [6.45, 7) is 2.96. The van der Waals surface area contributed by atoms with Gasteiger partial charge < -0.3 is 9.80 Å². The molecule has 0 atom stereocenters. The maximum absolute atomic E-state index is 13.3. The maximum Gasteiger partial charge on any atom is 0.135 e. The summed E-state index contributed by atoms with van der Waals surface area (Å²) in [7, 11) is 0. The van der Waals surface area contributed by atoms with E-state index in [0.29, 0.717) is 13.1 Å². The lowest BCUT2D eigenvalue weighted by Gasteiger charge is -2.22. The van der Waals surface area contributed by atoms with Crippen LogP contribution < -0.4 is 9.80 Å². The minimum Gasteiger partial charge on any atom is -0.324 e. The Kier molecular flexibility index (Phi) is 4.75. The highest BCUT2D eigenvalue weighted by Crippen LogP contribution is 2.24. The third-order valence-corrected chi connectivity index (χ3v) is 5.36. The second-order valence-corrected chi connectivity index (χ2v) is 7.24. The summed E-state index contributed by atoms with van der Waals surface area (Å²) in [4.78, 5) is 13.5. The average molecular weight is 402 g/mol. The molecule has 0 N–H and O–H groups in total. The van der Waals surface area contributed by atoms with Gasteiger partial charge in [0.1, 0.15) is 23.3 Å². The van der Waals surface area contributed by atoms with E-state index in [4.69, 9.17) is 0 Å². The normalized spacial score (nSPS) is 16.1. The molecule has 30 heavy (non-hydrogen) atoms. The highest BCUT2D eigenvalue weighted by Gasteiger charge is 2.23. The molecule has 0 saturated heterocycles. The van der Waals surface area contributed by atoms with Crippen LogP contribution in [0.5, 0.6) is 0 Å². The predicted molar refractivity (Wildman–Crippen MR) is 117 cm³/mol. The minimum atomic E-state index is -0.246.